The van der Waals surface area contributed by atoms with E-state index in [0.29, 0.717) is 19.4 Å². The summed E-state index contributed by atoms with van der Waals surface area (Å²) < 4.78 is 2.28. The first-order valence-electron chi connectivity index (χ1n) is 13.1. The van der Waals surface area contributed by atoms with Gasteiger partial charge in [-0.25, -0.2) is 0 Å². The average molecular weight is 508 g/mol. The molecule has 7 nitrogen and oxygen atoms in total. The predicted molar refractivity (Wildman–Crippen MR) is 144 cm³/mol. The first-order valence-corrected chi connectivity index (χ1v) is 14.1. The Bertz CT molecular complexity index is 1080. The van der Waals surface area contributed by atoms with E-state index in [4.69, 9.17) is 0 Å². The normalized spacial score (nSPS) is 17.2. The Balaban J connectivity index is 1.23. The molecule has 1 atom stereocenters. The van der Waals surface area contributed by atoms with Crippen molar-refractivity contribution < 1.29 is 9.59 Å². The minimum atomic E-state index is 0.0823. The highest BCUT2D eigenvalue weighted by Gasteiger charge is 2.20. The van der Waals surface area contributed by atoms with Crippen LogP contribution in [-0.2, 0) is 21.8 Å². The molecular formula is C28H37N5O2S. The molecule has 1 N–H and O–H groups in total. The molecule has 2 aromatic rings. The molecule has 2 amide bonds. The first kappa shape index (κ1) is 26.2. The van der Waals surface area contributed by atoms with Crippen molar-refractivity contribution in [3.63, 3.8) is 0 Å². The van der Waals surface area contributed by atoms with Gasteiger partial charge in [-0.3, -0.25) is 14.2 Å². The number of aromatic nitrogens is 3. The van der Waals surface area contributed by atoms with Crippen molar-refractivity contribution in [2.75, 3.05) is 19.6 Å². The molecule has 1 aliphatic carbocycles. The van der Waals surface area contributed by atoms with Crippen LogP contribution in [0.25, 0.3) is 0 Å². The Morgan fingerprint density at radius 2 is 2.00 bits per heavy atom. The molecular weight excluding hydrogens is 470 g/mol. The molecule has 2 aliphatic rings. The van der Waals surface area contributed by atoms with Crippen molar-refractivity contribution in [1.29, 1.82) is 0 Å². The van der Waals surface area contributed by atoms with Gasteiger partial charge in [0.1, 0.15) is 5.82 Å². The van der Waals surface area contributed by atoms with E-state index >= 15 is 0 Å². The van der Waals surface area contributed by atoms with Gasteiger partial charge in [-0.05, 0) is 44.6 Å². The minimum Gasteiger partial charge on any atom is -0.356 e. The number of likely N-dealkylation sites (tertiary alicyclic amines) is 1. The van der Waals surface area contributed by atoms with E-state index in [1.54, 1.807) is 11.8 Å². The van der Waals surface area contributed by atoms with Gasteiger partial charge in [0, 0.05) is 44.6 Å². The molecule has 0 spiro atoms. The Hall–Kier alpha value is -2.87. The molecule has 1 aromatic heterocycles. The second kappa shape index (κ2) is 13.4. The highest BCUT2D eigenvalue weighted by Crippen LogP contribution is 2.29. The zero-order valence-electron chi connectivity index (χ0n) is 21.2. The lowest BCUT2D eigenvalue weighted by atomic mass is 10.1. The lowest BCUT2D eigenvalue weighted by molar-refractivity contribution is -0.127. The molecule has 8 heteroatoms. The Morgan fingerprint density at radius 1 is 1.14 bits per heavy atom. The summed E-state index contributed by atoms with van der Waals surface area (Å²) in [7, 11) is 0. The molecule has 4 rings (SSSR count). The second-order valence-corrected chi connectivity index (χ2v) is 10.5. The fraction of sp³-hybridized carbons (Fsp3) is 0.500. The number of amides is 2. The van der Waals surface area contributed by atoms with Crippen LogP contribution in [0.4, 0.5) is 0 Å². The zero-order valence-corrected chi connectivity index (χ0v) is 22.0. The number of unbranched alkanes of at least 4 members (excludes halogenated alkanes) is 1. The van der Waals surface area contributed by atoms with Gasteiger partial charge in [0.25, 0.3) is 0 Å². The van der Waals surface area contributed by atoms with Crippen LogP contribution in [-0.4, -0.2) is 51.1 Å². The van der Waals surface area contributed by atoms with E-state index < -0.39 is 0 Å². The van der Waals surface area contributed by atoms with Crippen LogP contribution in [0.5, 0.6) is 0 Å². The summed E-state index contributed by atoms with van der Waals surface area (Å²) in [6.45, 7) is 4.32. The van der Waals surface area contributed by atoms with Crippen LogP contribution in [0.2, 0.25) is 0 Å². The number of hydrogen-bond donors (Lipinski definition) is 1. The number of nitrogens with one attached hydrogen (secondary N) is 1. The number of thioether (sulfide) groups is 1. The van der Waals surface area contributed by atoms with Crippen molar-refractivity contribution in [3.8, 4) is 0 Å². The van der Waals surface area contributed by atoms with Crippen LogP contribution in [0.15, 0.2) is 53.7 Å². The van der Waals surface area contributed by atoms with Crippen LogP contribution in [0.1, 0.15) is 67.9 Å². The number of aryl methyl sites for hydroxylation is 2. The van der Waals surface area contributed by atoms with Crippen LogP contribution >= 0.6 is 11.8 Å². The van der Waals surface area contributed by atoms with E-state index in [1.165, 1.54) is 11.1 Å². The monoisotopic (exact) mass is 507 g/mol. The van der Waals surface area contributed by atoms with Crippen LogP contribution in [0.3, 0.4) is 0 Å². The highest BCUT2D eigenvalue weighted by molar-refractivity contribution is 7.98. The summed E-state index contributed by atoms with van der Waals surface area (Å²) in [6, 6.07) is 8.86. The molecule has 1 aromatic carbocycles. The van der Waals surface area contributed by atoms with Gasteiger partial charge in [0.05, 0.1) is 6.04 Å². The summed E-state index contributed by atoms with van der Waals surface area (Å²) in [5.74, 6) is 2.17. The topological polar surface area (TPSA) is 80.1 Å². The van der Waals surface area contributed by atoms with Gasteiger partial charge in [-0.1, -0.05) is 65.9 Å². The molecule has 0 bridgehead atoms. The van der Waals surface area contributed by atoms with Gasteiger partial charge < -0.3 is 10.2 Å². The maximum atomic E-state index is 12.2. The molecule has 1 aliphatic heterocycles. The molecule has 1 fully saturated rings. The Morgan fingerprint density at radius 3 is 2.75 bits per heavy atom. The van der Waals surface area contributed by atoms with Crippen molar-refractivity contribution in [2.45, 2.75) is 75.2 Å². The maximum absolute atomic E-state index is 12.2. The number of rotatable bonds is 13. The van der Waals surface area contributed by atoms with Gasteiger partial charge in [0.15, 0.2) is 5.16 Å². The van der Waals surface area contributed by atoms with E-state index in [0.717, 1.165) is 68.3 Å². The standard InChI is InChI=1S/C28H37N5O2S/c1-22-14-16-23(17-15-22)21-36-28-31-30-25(33(28)24-9-3-2-4-10-24)11-5-6-12-26(34)29-18-8-20-32-19-7-13-27(32)35/h2-4,9,14-17,24H,5-8,10-13,18-21H2,1H3,(H,29,34). The molecule has 36 heavy (non-hydrogen) atoms. The predicted octanol–water partition coefficient (Wildman–Crippen LogP) is 4.78. The number of allylic oxidation sites excluding steroid dienone is 4. The molecule has 0 radical (unpaired) electrons. The van der Waals surface area contributed by atoms with E-state index in [-0.39, 0.29) is 17.9 Å². The highest BCUT2D eigenvalue weighted by atomic mass is 32.2. The Kier molecular flexibility index (Phi) is 9.78. The third kappa shape index (κ3) is 7.56. The summed E-state index contributed by atoms with van der Waals surface area (Å²) in [6.07, 6.45) is 15.0. The third-order valence-electron chi connectivity index (χ3n) is 6.67. The molecule has 1 unspecified atom stereocenters. The molecule has 192 valence electrons. The van der Waals surface area contributed by atoms with Crippen LogP contribution < -0.4 is 5.32 Å². The molecule has 1 saturated heterocycles. The van der Waals surface area contributed by atoms with Crippen molar-refractivity contribution >= 4 is 23.6 Å². The zero-order chi connectivity index (χ0) is 25.2. The summed E-state index contributed by atoms with van der Waals surface area (Å²) in [5, 5.41) is 13.0. The van der Waals surface area contributed by atoms with Crippen molar-refractivity contribution in [3.05, 3.63) is 65.5 Å². The number of carbonyl (C=O) groups excluding carboxylic acids is 2. The van der Waals surface area contributed by atoms with Crippen LogP contribution in [0, 0.1) is 6.92 Å². The molecule has 0 saturated carbocycles. The van der Waals surface area contributed by atoms with E-state index in [1.807, 2.05) is 4.90 Å². The summed E-state index contributed by atoms with van der Waals surface area (Å²) in [4.78, 5) is 25.8. The van der Waals surface area contributed by atoms with Gasteiger partial charge in [0.2, 0.25) is 11.8 Å². The van der Waals surface area contributed by atoms with Crippen molar-refractivity contribution in [1.82, 2.24) is 25.0 Å². The third-order valence-corrected chi connectivity index (χ3v) is 7.68. The first-order chi connectivity index (χ1) is 17.6. The van der Waals surface area contributed by atoms with Gasteiger partial charge in [-0.2, -0.15) is 0 Å². The summed E-state index contributed by atoms with van der Waals surface area (Å²) >= 11 is 1.73. The number of nitrogens with zero attached hydrogens (tertiary/aromatic N) is 4. The quantitative estimate of drug-likeness (QED) is 0.312. The fourth-order valence-corrected chi connectivity index (χ4v) is 5.56. The van der Waals surface area contributed by atoms with Gasteiger partial charge in [-0.15, -0.1) is 10.2 Å². The largest absolute Gasteiger partial charge is 0.356 e. The smallest absolute Gasteiger partial charge is 0.222 e. The van der Waals surface area contributed by atoms with E-state index in [9.17, 15) is 9.59 Å². The number of benzene rings is 1. The Labute approximate surface area is 218 Å². The summed E-state index contributed by atoms with van der Waals surface area (Å²) in [5.41, 5.74) is 2.54. The lowest BCUT2D eigenvalue weighted by Gasteiger charge is -2.19. The number of carbonyl (C=O) groups is 2. The second-order valence-electron chi connectivity index (χ2n) is 9.55. The maximum Gasteiger partial charge on any atom is 0.222 e. The fourth-order valence-electron chi connectivity index (χ4n) is 4.60. The lowest BCUT2D eigenvalue weighted by Crippen LogP contribution is -2.30. The average Bonchev–Trinajstić information content (AvgIpc) is 3.50. The minimum absolute atomic E-state index is 0.0823. The number of hydrogen-bond acceptors (Lipinski definition) is 5. The van der Waals surface area contributed by atoms with E-state index in [2.05, 4.69) is 75.6 Å². The molecule has 2 heterocycles. The van der Waals surface area contributed by atoms with Crippen molar-refractivity contribution in [2.24, 2.45) is 0 Å². The SMILES string of the molecule is Cc1ccc(CSc2nnc(CCCCC(=O)NCCCN3CCCC3=O)n2C2C=CC=CC2)cc1. The van der Waals surface area contributed by atoms with Gasteiger partial charge >= 0.3 is 0 Å².